The fourth-order valence-electron chi connectivity index (χ4n) is 5.29. The molecule has 0 bridgehead atoms. The first-order valence-corrected chi connectivity index (χ1v) is 13.0. The van der Waals surface area contributed by atoms with Gasteiger partial charge in [-0.1, -0.05) is 44.4 Å². The van der Waals surface area contributed by atoms with Crippen LogP contribution in [0.5, 0.6) is 17.2 Å². The number of rotatable bonds is 9. The Morgan fingerprint density at radius 1 is 0.846 bits per heavy atom. The number of halogens is 7. The summed E-state index contributed by atoms with van der Waals surface area (Å²) in [4.78, 5) is 0. The van der Waals surface area contributed by atoms with E-state index in [-0.39, 0.29) is 22.4 Å². The lowest BCUT2D eigenvalue weighted by Crippen LogP contribution is -2.17. The van der Waals surface area contributed by atoms with Crippen LogP contribution in [0.1, 0.15) is 68.9 Å². The lowest BCUT2D eigenvalue weighted by atomic mass is 9.76. The molecule has 1 fully saturated rings. The molecule has 0 heterocycles. The molecular formula is C30H29F7O2. The van der Waals surface area contributed by atoms with Crippen LogP contribution in [0.3, 0.4) is 0 Å². The van der Waals surface area contributed by atoms with Gasteiger partial charge in [-0.2, -0.15) is 8.78 Å². The highest BCUT2D eigenvalue weighted by molar-refractivity contribution is 5.72. The van der Waals surface area contributed by atoms with Gasteiger partial charge >= 0.3 is 6.61 Å². The van der Waals surface area contributed by atoms with Crippen molar-refractivity contribution in [2.45, 2.75) is 71.3 Å². The number of ether oxygens (including phenoxy) is 2. The Kier molecular flexibility index (Phi) is 9.08. The molecule has 0 N–H and O–H groups in total. The Balaban J connectivity index is 1.73. The van der Waals surface area contributed by atoms with Gasteiger partial charge in [0.2, 0.25) is 0 Å². The third kappa shape index (κ3) is 6.17. The summed E-state index contributed by atoms with van der Waals surface area (Å²) < 4.78 is 109. The third-order valence-electron chi connectivity index (χ3n) is 7.37. The van der Waals surface area contributed by atoms with E-state index in [0.717, 1.165) is 51.2 Å². The standard InChI is InChI=1S/C30H29F7O2/c1-3-4-7-17-10-12-18(13-11-17)24-27(35)25(33)16(2)26(34)29(24)38-23-9-6-5-8-20(23)19-14-21(31)28(22(32)15-19)39-30(36)37/h5-6,8-9,14-15,17-18,30H,3-4,7,10-13H2,1-2H3. The minimum Gasteiger partial charge on any atom is -0.453 e. The topological polar surface area (TPSA) is 18.5 Å². The molecule has 3 aromatic carbocycles. The molecule has 1 aliphatic rings. The number of para-hydroxylation sites is 1. The number of hydrogen-bond acceptors (Lipinski definition) is 2. The summed E-state index contributed by atoms with van der Waals surface area (Å²) in [7, 11) is 0. The Morgan fingerprint density at radius 2 is 1.49 bits per heavy atom. The van der Waals surface area contributed by atoms with Crippen LogP contribution in [-0.4, -0.2) is 6.61 Å². The maximum absolute atomic E-state index is 15.5. The highest BCUT2D eigenvalue weighted by Crippen LogP contribution is 2.47. The van der Waals surface area contributed by atoms with Crippen LogP contribution in [0.4, 0.5) is 30.7 Å². The molecule has 0 radical (unpaired) electrons. The van der Waals surface area contributed by atoms with Crippen LogP contribution in [0, 0.1) is 41.9 Å². The average Bonchev–Trinajstić information content (AvgIpc) is 2.92. The maximum Gasteiger partial charge on any atom is 0.387 e. The molecule has 0 spiro atoms. The van der Waals surface area contributed by atoms with Crippen molar-refractivity contribution in [1.29, 1.82) is 0 Å². The summed E-state index contributed by atoms with van der Waals surface area (Å²) >= 11 is 0. The molecule has 0 aliphatic heterocycles. The Hall–Kier alpha value is -3.23. The molecule has 0 aromatic heterocycles. The lowest BCUT2D eigenvalue weighted by molar-refractivity contribution is -0.0546. The summed E-state index contributed by atoms with van der Waals surface area (Å²) in [6.45, 7) is -0.228. The second-order valence-corrected chi connectivity index (χ2v) is 9.92. The van der Waals surface area contributed by atoms with E-state index in [0.29, 0.717) is 18.8 Å². The van der Waals surface area contributed by atoms with Crippen molar-refractivity contribution in [3.8, 4) is 28.4 Å². The second kappa shape index (κ2) is 12.3. The zero-order chi connectivity index (χ0) is 28.3. The Morgan fingerprint density at radius 3 is 2.10 bits per heavy atom. The fraction of sp³-hybridized carbons (Fsp3) is 0.400. The summed E-state index contributed by atoms with van der Waals surface area (Å²) in [5.74, 6) is -8.09. The van der Waals surface area contributed by atoms with Gasteiger partial charge in [0.15, 0.2) is 40.6 Å². The molecule has 2 nitrogen and oxygen atoms in total. The first-order valence-electron chi connectivity index (χ1n) is 13.0. The smallest absolute Gasteiger partial charge is 0.387 e. The van der Waals surface area contributed by atoms with E-state index in [9.17, 15) is 22.0 Å². The molecule has 0 amide bonds. The minimum atomic E-state index is -3.44. The fourth-order valence-corrected chi connectivity index (χ4v) is 5.29. The van der Waals surface area contributed by atoms with E-state index in [4.69, 9.17) is 4.74 Å². The summed E-state index contributed by atoms with van der Waals surface area (Å²) in [6.07, 6.45) is 5.86. The number of hydrogen-bond donors (Lipinski definition) is 0. The van der Waals surface area contributed by atoms with Crippen molar-refractivity contribution in [2.75, 3.05) is 0 Å². The van der Waals surface area contributed by atoms with E-state index in [1.54, 1.807) is 0 Å². The molecule has 9 heteroatoms. The van der Waals surface area contributed by atoms with E-state index >= 15 is 8.78 Å². The number of unbranched alkanes of at least 4 members (excludes halogenated alkanes) is 1. The maximum atomic E-state index is 15.5. The van der Waals surface area contributed by atoms with Crippen molar-refractivity contribution < 1.29 is 40.2 Å². The Labute approximate surface area is 222 Å². The normalized spacial score (nSPS) is 17.5. The summed E-state index contributed by atoms with van der Waals surface area (Å²) in [5, 5.41) is 0. The SMILES string of the molecule is CCCCC1CCC(c2c(F)c(F)c(C)c(F)c2Oc2ccccc2-c2cc(F)c(OC(F)F)c(F)c2)CC1. The van der Waals surface area contributed by atoms with Gasteiger partial charge in [0, 0.05) is 16.7 Å². The van der Waals surface area contributed by atoms with E-state index in [1.165, 1.54) is 24.3 Å². The van der Waals surface area contributed by atoms with Crippen molar-refractivity contribution in [3.05, 3.63) is 76.6 Å². The molecule has 39 heavy (non-hydrogen) atoms. The van der Waals surface area contributed by atoms with Crippen molar-refractivity contribution >= 4 is 0 Å². The third-order valence-corrected chi connectivity index (χ3v) is 7.37. The average molecular weight is 555 g/mol. The van der Waals surface area contributed by atoms with Crippen LogP contribution in [-0.2, 0) is 0 Å². The van der Waals surface area contributed by atoms with Crippen LogP contribution in [0.2, 0.25) is 0 Å². The quantitative estimate of drug-likeness (QED) is 0.194. The van der Waals surface area contributed by atoms with Crippen molar-refractivity contribution in [3.63, 3.8) is 0 Å². The number of alkyl halides is 2. The second-order valence-electron chi connectivity index (χ2n) is 9.92. The lowest BCUT2D eigenvalue weighted by Gasteiger charge is -2.30. The predicted molar refractivity (Wildman–Crippen MR) is 134 cm³/mol. The van der Waals surface area contributed by atoms with E-state index in [2.05, 4.69) is 11.7 Å². The van der Waals surface area contributed by atoms with Crippen molar-refractivity contribution in [1.82, 2.24) is 0 Å². The summed E-state index contributed by atoms with van der Waals surface area (Å²) in [5.41, 5.74) is -0.779. The van der Waals surface area contributed by atoms with Gasteiger partial charge in [-0.15, -0.1) is 0 Å². The molecule has 210 valence electrons. The van der Waals surface area contributed by atoms with Gasteiger partial charge in [0.25, 0.3) is 0 Å². The first kappa shape index (κ1) is 28.8. The van der Waals surface area contributed by atoms with Gasteiger partial charge in [0.1, 0.15) is 5.75 Å². The van der Waals surface area contributed by atoms with Crippen LogP contribution < -0.4 is 9.47 Å². The minimum absolute atomic E-state index is 0.0786. The van der Waals surface area contributed by atoms with Gasteiger partial charge in [-0.3, -0.25) is 0 Å². The Bertz CT molecular complexity index is 1290. The largest absolute Gasteiger partial charge is 0.453 e. The predicted octanol–water partition coefficient (Wildman–Crippen LogP) is 10.2. The van der Waals surface area contributed by atoms with Gasteiger partial charge < -0.3 is 9.47 Å². The molecular weight excluding hydrogens is 525 g/mol. The zero-order valence-electron chi connectivity index (χ0n) is 21.6. The van der Waals surface area contributed by atoms with Gasteiger partial charge in [-0.05, 0) is 68.2 Å². The van der Waals surface area contributed by atoms with Gasteiger partial charge in [0.05, 0.1) is 0 Å². The monoisotopic (exact) mass is 554 g/mol. The highest BCUT2D eigenvalue weighted by atomic mass is 19.3. The number of benzene rings is 3. The van der Waals surface area contributed by atoms with Crippen molar-refractivity contribution in [2.24, 2.45) is 5.92 Å². The zero-order valence-corrected chi connectivity index (χ0v) is 21.6. The van der Waals surface area contributed by atoms with Crippen LogP contribution in [0.15, 0.2) is 36.4 Å². The highest BCUT2D eigenvalue weighted by Gasteiger charge is 2.33. The molecule has 1 aliphatic carbocycles. The van der Waals surface area contributed by atoms with E-state index < -0.39 is 58.7 Å². The molecule has 4 rings (SSSR count). The molecule has 1 saturated carbocycles. The van der Waals surface area contributed by atoms with Gasteiger partial charge in [-0.25, -0.2) is 22.0 Å². The molecule has 0 unspecified atom stereocenters. The molecule has 3 aromatic rings. The molecule has 0 saturated heterocycles. The first-order chi connectivity index (χ1) is 18.6. The van der Waals surface area contributed by atoms with Crippen LogP contribution >= 0.6 is 0 Å². The molecule has 0 atom stereocenters. The summed E-state index contributed by atoms with van der Waals surface area (Å²) in [6, 6.07) is 7.38. The van der Waals surface area contributed by atoms with E-state index in [1.807, 2.05) is 0 Å². The van der Waals surface area contributed by atoms with Crippen LogP contribution in [0.25, 0.3) is 11.1 Å².